The van der Waals surface area contributed by atoms with E-state index in [4.69, 9.17) is 0 Å². The molecule has 0 bridgehead atoms. The van der Waals surface area contributed by atoms with Gasteiger partial charge >= 0.3 is 0 Å². The highest BCUT2D eigenvalue weighted by atomic mass is 127. The third kappa shape index (κ3) is 7.73. The van der Waals surface area contributed by atoms with Gasteiger partial charge in [-0.3, -0.25) is 4.99 Å². The maximum atomic E-state index is 4.50. The Balaban J connectivity index is 0.00000312. The monoisotopic (exact) mass is 472 g/mol. The Morgan fingerprint density at radius 3 is 2.60 bits per heavy atom. The van der Waals surface area contributed by atoms with Crippen LogP contribution in [0.4, 0.5) is 0 Å². The molecular weight excluding hydrogens is 443 g/mol. The number of nitrogens with one attached hydrogen (secondary N) is 2. The molecule has 1 heterocycles. The number of rotatable bonds is 7. The fraction of sp³-hybridized carbons (Fsp3) is 0.474. The van der Waals surface area contributed by atoms with Crippen LogP contribution in [0, 0.1) is 20.8 Å². The van der Waals surface area contributed by atoms with Crippen LogP contribution < -0.4 is 10.6 Å². The predicted octanol–water partition coefficient (Wildman–Crippen LogP) is 4.37. The molecule has 0 aliphatic heterocycles. The van der Waals surface area contributed by atoms with Crippen molar-refractivity contribution in [2.75, 3.05) is 13.6 Å². The van der Waals surface area contributed by atoms with Crippen LogP contribution in [0.5, 0.6) is 0 Å². The number of benzene rings is 1. The Kier molecular flexibility index (Phi) is 10.0. The maximum absolute atomic E-state index is 4.50. The molecule has 6 heteroatoms. The molecule has 1 aromatic heterocycles. The quantitative estimate of drug-likeness (QED) is 0.272. The van der Waals surface area contributed by atoms with Crippen molar-refractivity contribution in [3.8, 4) is 0 Å². The number of guanidine groups is 1. The summed E-state index contributed by atoms with van der Waals surface area (Å²) in [6.07, 6.45) is 3.33. The number of hydrogen-bond acceptors (Lipinski definition) is 3. The van der Waals surface area contributed by atoms with Gasteiger partial charge in [-0.15, -0.1) is 35.3 Å². The second-order valence-corrected chi connectivity index (χ2v) is 7.06. The average molecular weight is 472 g/mol. The number of halogens is 1. The fourth-order valence-corrected chi connectivity index (χ4v) is 3.39. The number of aliphatic imine (C=N–C) groups is 1. The molecule has 4 nitrogen and oxygen atoms in total. The van der Waals surface area contributed by atoms with Gasteiger partial charge in [0.1, 0.15) is 0 Å². The molecule has 0 fully saturated rings. The van der Waals surface area contributed by atoms with E-state index in [1.165, 1.54) is 21.7 Å². The highest BCUT2D eigenvalue weighted by Gasteiger charge is 2.02. The summed E-state index contributed by atoms with van der Waals surface area (Å²) in [6, 6.07) is 6.55. The number of hydrogen-bond donors (Lipinski definition) is 2. The first-order valence-electron chi connectivity index (χ1n) is 8.50. The lowest BCUT2D eigenvalue weighted by molar-refractivity contribution is 0.691. The lowest BCUT2D eigenvalue weighted by Crippen LogP contribution is -2.37. The Morgan fingerprint density at radius 2 is 1.96 bits per heavy atom. The highest BCUT2D eigenvalue weighted by molar-refractivity contribution is 14.0. The zero-order valence-electron chi connectivity index (χ0n) is 15.6. The van der Waals surface area contributed by atoms with Crippen LogP contribution in [0.3, 0.4) is 0 Å². The fourth-order valence-electron chi connectivity index (χ4n) is 2.57. The third-order valence-electron chi connectivity index (χ3n) is 3.94. The molecule has 0 amide bonds. The largest absolute Gasteiger partial charge is 0.356 e. The smallest absolute Gasteiger partial charge is 0.191 e. The molecule has 0 aliphatic rings. The van der Waals surface area contributed by atoms with Crippen LogP contribution in [0.1, 0.15) is 40.2 Å². The van der Waals surface area contributed by atoms with Crippen LogP contribution in [0.25, 0.3) is 0 Å². The Bertz CT molecular complexity index is 682. The van der Waals surface area contributed by atoms with Gasteiger partial charge < -0.3 is 10.6 Å². The van der Waals surface area contributed by atoms with Gasteiger partial charge in [0.15, 0.2) is 5.96 Å². The Hall–Kier alpha value is -1.15. The Labute approximate surface area is 172 Å². The number of unbranched alkanes of at least 4 members (excludes halogenated alkanes) is 1. The summed E-state index contributed by atoms with van der Waals surface area (Å²) in [4.78, 5) is 8.79. The van der Waals surface area contributed by atoms with Gasteiger partial charge in [-0.1, -0.05) is 23.8 Å². The lowest BCUT2D eigenvalue weighted by atomic mass is 10.1. The van der Waals surface area contributed by atoms with Gasteiger partial charge in [-0.2, -0.15) is 0 Å². The first-order valence-corrected chi connectivity index (χ1v) is 9.38. The van der Waals surface area contributed by atoms with Crippen molar-refractivity contribution in [2.24, 2.45) is 4.99 Å². The van der Waals surface area contributed by atoms with Crippen molar-refractivity contribution in [3.63, 3.8) is 0 Å². The van der Waals surface area contributed by atoms with Crippen molar-refractivity contribution in [1.82, 2.24) is 15.6 Å². The SMILES string of the molecule is CN=C(NCCCCc1nc(C)cs1)NCc1ccc(C)cc1C.I. The molecule has 2 aromatic rings. The summed E-state index contributed by atoms with van der Waals surface area (Å²) in [6.45, 7) is 8.05. The second-order valence-electron chi connectivity index (χ2n) is 6.12. The van der Waals surface area contributed by atoms with Gasteiger partial charge in [0.05, 0.1) is 5.01 Å². The molecule has 2 N–H and O–H groups in total. The van der Waals surface area contributed by atoms with Crippen LogP contribution in [0.15, 0.2) is 28.6 Å². The van der Waals surface area contributed by atoms with E-state index in [-0.39, 0.29) is 24.0 Å². The van der Waals surface area contributed by atoms with E-state index in [1.807, 2.05) is 14.0 Å². The van der Waals surface area contributed by atoms with Crippen molar-refractivity contribution < 1.29 is 0 Å². The first kappa shape index (κ1) is 21.9. The van der Waals surface area contributed by atoms with Crippen LogP contribution in [0.2, 0.25) is 0 Å². The molecule has 0 unspecified atom stereocenters. The molecule has 138 valence electrons. The van der Waals surface area contributed by atoms with Gasteiger partial charge in [-0.25, -0.2) is 4.98 Å². The molecule has 1 aromatic carbocycles. The van der Waals surface area contributed by atoms with Crippen molar-refractivity contribution in [1.29, 1.82) is 0 Å². The molecule has 0 spiro atoms. The summed E-state index contributed by atoms with van der Waals surface area (Å²) >= 11 is 1.76. The van der Waals surface area contributed by atoms with Crippen molar-refractivity contribution >= 4 is 41.3 Å². The van der Waals surface area contributed by atoms with Gasteiger partial charge in [-0.05, 0) is 51.2 Å². The minimum atomic E-state index is 0. The zero-order chi connectivity index (χ0) is 17.4. The van der Waals surface area contributed by atoms with Crippen molar-refractivity contribution in [2.45, 2.75) is 46.6 Å². The second kappa shape index (κ2) is 11.5. The van der Waals surface area contributed by atoms with E-state index >= 15 is 0 Å². The van der Waals surface area contributed by atoms with E-state index in [0.29, 0.717) is 0 Å². The van der Waals surface area contributed by atoms with E-state index < -0.39 is 0 Å². The van der Waals surface area contributed by atoms with Crippen LogP contribution in [-0.2, 0) is 13.0 Å². The topological polar surface area (TPSA) is 49.3 Å². The summed E-state index contributed by atoms with van der Waals surface area (Å²) in [5.41, 5.74) is 5.05. The normalized spacial score (nSPS) is 11.1. The molecular formula is C19H29IN4S. The van der Waals surface area contributed by atoms with Crippen LogP contribution in [-0.4, -0.2) is 24.5 Å². The molecule has 0 saturated heterocycles. The predicted molar refractivity (Wildman–Crippen MR) is 119 cm³/mol. The summed E-state index contributed by atoms with van der Waals surface area (Å²) in [7, 11) is 1.82. The minimum Gasteiger partial charge on any atom is -0.356 e. The standard InChI is InChI=1S/C19H28N4S.HI/c1-14-8-9-17(15(2)11-14)12-22-19(20-4)21-10-6-5-7-18-23-16(3)13-24-18;/h8-9,11,13H,5-7,10,12H2,1-4H3,(H2,20,21,22);1H. The van der Waals surface area contributed by atoms with E-state index in [9.17, 15) is 0 Å². The zero-order valence-corrected chi connectivity index (χ0v) is 18.7. The molecule has 0 atom stereocenters. The minimum absolute atomic E-state index is 0. The molecule has 25 heavy (non-hydrogen) atoms. The molecule has 0 aliphatic carbocycles. The van der Waals surface area contributed by atoms with E-state index in [2.05, 4.69) is 58.0 Å². The van der Waals surface area contributed by atoms with Gasteiger partial charge in [0, 0.05) is 31.2 Å². The van der Waals surface area contributed by atoms with Gasteiger partial charge in [0.25, 0.3) is 0 Å². The number of aryl methyl sites for hydroxylation is 4. The summed E-state index contributed by atoms with van der Waals surface area (Å²) in [5, 5.41) is 10.1. The average Bonchev–Trinajstić information content (AvgIpc) is 2.97. The number of aromatic nitrogens is 1. The van der Waals surface area contributed by atoms with Crippen molar-refractivity contribution in [3.05, 3.63) is 51.0 Å². The van der Waals surface area contributed by atoms with Crippen LogP contribution >= 0.6 is 35.3 Å². The third-order valence-corrected chi connectivity index (χ3v) is 4.97. The van der Waals surface area contributed by atoms with Gasteiger partial charge in [0.2, 0.25) is 0 Å². The van der Waals surface area contributed by atoms with E-state index in [1.54, 1.807) is 11.3 Å². The maximum Gasteiger partial charge on any atom is 0.191 e. The summed E-state index contributed by atoms with van der Waals surface area (Å²) < 4.78 is 0. The number of thiazole rings is 1. The molecule has 0 saturated carbocycles. The summed E-state index contributed by atoms with van der Waals surface area (Å²) in [5.74, 6) is 0.861. The molecule has 2 rings (SSSR count). The Morgan fingerprint density at radius 1 is 1.16 bits per heavy atom. The lowest BCUT2D eigenvalue weighted by Gasteiger charge is -2.13. The number of nitrogens with zero attached hydrogens (tertiary/aromatic N) is 2. The highest BCUT2D eigenvalue weighted by Crippen LogP contribution is 2.11. The van der Waals surface area contributed by atoms with E-state index in [0.717, 1.165) is 44.0 Å². The first-order chi connectivity index (χ1) is 11.6. The molecule has 0 radical (unpaired) electrons.